The first-order chi connectivity index (χ1) is 6.68. The van der Waals surface area contributed by atoms with Gasteiger partial charge in [-0.3, -0.25) is 4.79 Å². The van der Waals surface area contributed by atoms with Crippen molar-refractivity contribution >= 4 is 24.2 Å². The number of Topliss-reactive ketones (excluding diaryl/α,β-unsaturated/α-hetero) is 1. The lowest BCUT2D eigenvalue weighted by atomic mass is 9.68. The molecule has 1 N–H and O–H groups in total. The van der Waals surface area contributed by atoms with Crippen molar-refractivity contribution in [3.8, 4) is 0 Å². The lowest BCUT2D eigenvalue weighted by Gasteiger charge is -2.03. The topological polar surface area (TPSA) is 29.1 Å². The number of benzene rings is 1. The fourth-order valence-electron chi connectivity index (χ4n) is 1.47. The van der Waals surface area contributed by atoms with E-state index in [-0.39, 0.29) is 5.78 Å². The highest BCUT2D eigenvalue weighted by Crippen LogP contribution is 2.16. The molecule has 0 spiro atoms. The quantitative estimate of drug-likeness (QED) is 0.525. The highest BCUT2D eigenvalue weighted by atomic mass is 16.1. The molecule has 0 amide bonds. The Balaban J connectivity index is 2.36. The van der Waals surface area contributed by atoms with E-state index in [9.17, 15) is 4.79 Å². The number of ketones is 1. The van der Waals surface area contributed by atoms with Crippen molar-refractivity contribution in [2.24, 2.45) is 0 Å². The number of allylic oxidation sites excluding steroid dienone is 1. The van der Waals surface area contributed by atoms with Crippen molar-refractivity contribution in [1.82, 2.24) is 0 Å². The summed E-state index contributed by atoms with van der Waals surface area (Å²) in [6.07, 6.45) is 0. The number of rotatable bonds is 1. The zero-order valence-corrected chi connectivity index (χ0v) is 8.29. The molecule has 0 aliphatic carbocycles. The van der Waals surface area contributed by atoms with Crippen LogP contribution in [0.15, 0.2) is 35.4 Å². The Kier molecular flexibility index (Phi) is 2.16. The molecule has 2 nitrogen and oxygen atoms in total. The molecule has 0 fully saturated rings. The highest BCUT2D eigenvalue weighted by Gasteiger charge is 2.18. The summed E-state index contributed by atoms with van der Waals surface area (Å²) < 4.78 is 0. The van der Waals surface area contributed by atoms with E-state index in [2.05, 4.69) is 5.32 Å². The SMILES string of the molecule is CC(=O)C(C)=C1[B]c2ccccc2N1. The molecule has 0 atom stereocenters. The second-order valence-corrected chi connectivity index (χ2v) is 3.45. The average Bonchev–Trinajstić information content (AvgIpc) is 2.59. The van der Waals surface area contributed by atoms with Crippen LogP contribution in [-0.4, -0.2) is 13.1 Å². The summed E-state index contributed by atoms with van der Waals surface area (Å²) in [4.78, 5) is 11.2. The van der Waals surface area contributed by atoms with Crippen LogP contribution in [-0.2, 0) is 4.79 Å². The van der Waals surface area contributed by atoms with E-state index in [1.807, 2.05) is 38.5 Å². The molecule has 1 radical (unpaired) electrons. The molecule has 1 aromatic carbocycles. The molecule has 0 saturated carbocycles. The number of carbonyl (C=O) groups excluding carboxylic acids is 1. The Morgan fingerprint density at radius 3 is 2.64 bits per heavy atom. The Bertz CT molecular complexity index is 396. The molecule has 14 heavy (non-hydrogen) atoms. The van der Waals surface area contributed by atoms with Gasteiger partial charge in [0.25, 0.3) is 0 Å². The Hall–Kier alpha value is -1.51. The first-order valence-corrected chi connectivity index (χ1v) is 4.61. The third-order valence-electron chi connectivity index (χ3n) is 2.46. The van der Waals surface area contributed by atoms with E-state index in [1.165, 1.54) is 0 Å². The standard InChI is InChI=1S/C11H11BNO/c1-7(8(2)14)11-12-9-5-3-4-6-10(9)13-11/h3-6,13H,1-2H3. The fourth-order valence-corrected chi connectivity index (χ4v) is 1.47. The van der Waals surface area contributed by atoms with Gasteiger partial charge in [-0.05, 0) is 25.5 Å². The van der Waals surface area contributed by atoms with E-state index < -0.39 is 0 Å². The summed E-state index contributed by atoms with van der Waals surface area (Å²) in [7, 11) is 2.01. The van der Waals surface area contributed by atoms with E-state index in [0.29, 0.717) is 0 Å². The van der Waals surface area contributed by atoms with Crippen LogP contribution in [0.1, 0.15) is 13.8 Å². The van der Waals surface area contributed by atoms with Gasteiger partial charge in [-0.1, -0.05) is 23.7 Å². The maximum Gasteiger partial charge on any atom is 0.217 e. The monoisotopic (exact) mass is 184 g/mol. The number of fused-ring (bicyclic) bond motifs is 1. The van der Waals surface area contributed by atoms with Gasteiger partial charge in [0.2, 0.25) is 7.28 Å². The Morgan fingerprint density at radius 2 is 2.00 bits per heavy atom. The molecule has 3 heteroatoms. The van der Waals surface area contributed by atoms with E-state index in [1.54, 1.807) is 6.92 Å². The smallest absolute Gasteiger partial charge is 0.217 e. The third kappa shape index (κ3) is 1.46. The molecule has 1 aliphatic rings. The lowest BCUT2D eigenvalue weighted by Crippen LogP contribution is -2.11. The molecule has 0 bridgehead atoms. The second-order valence-electron chi connectivity index (χ2n) is 3.45. The number of nitrogens with one attached hydrogen (secondary N) is 1. The van der Waals surface area contributed by atoms with Crippen molar-refractivity contribution in [2.45, 2.75) is 13.8 Å². The van der Waals surface area contributed by atoms with E-state index in [4.69, 9.17) is 0 Å². The molecular formula is C11H11BNO. The van der Waals surface area contributed by atoms with Crippen molar-refractivity contribution in [3.05, 3.63) is 35.4 Å². The number of anilines is 1. The van der Waals surface area contributed by atoms with Gasteiger partial charge in [-0.25, -0.2) is 0 Å². The van der Waals surface area contributed by atoms with Crippen molar-refractivity contribution in [2.75, 3.05) is 5.32 Å². The van der Waals surface area contributed by atoms with Gasteiger partial charge < -0.3 is 5.32 Å². The molecule has 2 rings (SSSR count). The van der Waals surface area contributed by atoms with Gasteiger partial charge in [-0.2, -0.15) is 0 Å². The normalized spacial score (nSPS) is 16.7. The summed E-state index contributed by atoms with van der Waals surface area (Å²) in [5.74, 6) is 0.108. The minimum atomic E-state index is 0.108. The predicted molar refractivity (Wildman–Crippen MR) is 58.8 cm³/mol. The Morgan fingerprint density at radius 1 is 1.29 bits per heavy atom. The minimum Gasteiger partial charge on any atom is -0.368 e. The van der Waals surface area contributed by atoms with Crippen molar-refractivity contribution < 1.29 is 4.79 Å². The molecule has 0 saturated heterocycles. The van der Waals surface area contributed by atoms with Crippen LogP contribution in [0.3, 0.4) is 0 Å². The summed E-state index contributed by atoms with van der Waals surface area (Å²) in [5.41, 5.74) is 3.91. The van der Waals surface area contributed by atoms with Crippen LogP contribution < -0.4 is 10.8 Å². The summed E-state index contributed by atoms with van der Waals surface area (Å²) >= 11 is 0. The van der Waals surface area contributed by atoms with Gasteiger partial charge in [0.05, 0.1) is 0 Å². The third-order valence-corrected chi connectivity index (χ3v) is 2.46. The van der Waals surface area contributed by atoms with Crippen LogP contribution in [0.2, 0.25) is 0 Å². The second kappa shape index (κ2) is 3.33. The van der Waals surface area contributed by atoms with Crippen LogP contribution in [0.5, 0.6) is 0 Å². The molecular weight excluding hydrogens is 173 g/mol. The van der Waals surface area contributed by atoms with Crippen LogP contribution in [0.4, 0.5) is 5.69 Å². The number of para-hydroxylation sites is 1. The molecule has 1 aromatic rings. The molecule has 0 aromatic heterocycles. The van der Waals surface area contributed by atoms with Crippen molar-refractivity contribution in [1.29, 1.82) is 0 Å². The van der Waals surface area contributed by atoms with Gasteiger partial charge >= 0.3 is 0 Å². The van der Waals surface area contributed by atoms with Crippen LogP contribution >= 0.6 is 0 Å². The van der Waals surface area contributed by atoms with Gasteiger partial charge in [0, 0.05) is 11.3 Å². The predicted octanol–water partition coefficient (Wildman–Crippen LogP) is 1.26. The molecule has 1 heterocycles. The number of hydrogen-bond acceptors (Lipinski definition) is 2. The zero-order valence-electron chi connectivity index (χ0n) is 8.29. The van der Waals surface area contributed by atoms with Crippen LogP contribution in [0, 0.1) is 0 Å². The maximum atomic E-state index is 11.2. The first-order valence-electron chi connectivity index (χ1n) is 4.61. The number of carbonyl (C=O) groups is 1. The Labute approximate surface area is 84.3 Å². The van der Waals surface area contributed by atoms with E-state index in [0.717, 1.165) is 22.3 Å². The largest absolute Gasteiger partial charge is 0.368 e. The molecule has 1 aliphatic heterocycles. The zero-order chi connectivity index (χ0) is 10.1. The fraction of sp³-hybridized carbons (Fsp3) is 0.182. The summed E-state index contributed by atoms with van der Waals surface area (Å²) in [6, 6.07) is 8.00. The maximum absolute atomic E-state index is 11.2. The van der Waals surface area contributed by atoms with E-state index >= 15 is 0 Å². The number of hydrogen-bond donors (Lipinski definition) is 1. The van der Waals surface area contributed by atoms with Crippen LogP contribution in [0.25, 0.3) is 0 Å². The van der Waals surface area contributed by atoms with Gasteiger partial charge in [0.15, 0.2) is 5.78 Å². The molecule has 69 valence electrons. The summed E-state index contributed by atoms with van der Waals surface area (Å²) in [6.45, 7) is 3.42. The average molecular weight is 184 g/mol. The molecule has 0 unspecified atom stereocenters. The summed E-state index contributed by atoms with van der Waals surface area (Å²) in [5, 5.41) is 3.22. The lowest BCUT2D eigenvalue weighted by molar-refractivity contribution is -0.113. The highest BCUT2D eigenvalue weighted by molar-refractivity contribution is 6.66. The van der Waals surface area contributed by atoms with Crippen molar-refractivity contribution in [3.63, 3.8) is 0 Å². The van der Waals surface area contributed by atoms with Gasteiger partial charge in [0.1, 0.15) is 0 Å². The van der Waals surface area contributed by atoms with Gasteiger partial charge in [-0.15, -0.1) is 0 Å². The minimum absolute atomic E-state index is 0.108. The first kappa shape index (κ1) is 9.07.